The Morgan fingerprint density at radius 1 is 1.77 bits per heavy atom. The number of nitrogens with zero attached hydrogens (tertiary/aromatic N) is 1. The first-order valence-corrected chi connectivity index (χ1v) is 3.88. The topological polar surface area (TPSA) is 73.1 Å². The summed E-state index contributed by atoms with van der Waals surface area (Å²) in [5.41, 5.74) is 0.587. The molecule has 0 aromatic rings. The number of dihydropyridines is 1. The molecule has 68 valence electrons. The third-order valence-corrected chi connectivity index (χ3v) is 2.12. The number of allylic oxidation sites excluding steroid dienone is 3. The second-order valence-corrected chi connectivity index (χ2v) is 3.20. The van der Waals surface area contributed by atoms with Gasteiger partial charge in [0.1, 0.15) is 0 Å². The zero-order valence-electron chi connectivity index (χ0n) is 6.84. The molecule has 0 aliphatic carbocycles. The lowest BCUT2D eigenvalue weighted by molar-refractivity contribution is -0.139. The lowest BCUT2D eigenvalue weighted by Gasteiger charge is -2.26. The molecule has 0 fully saturated rings. The molecule has 0 radical (unpaired) electrons. The first-order valence-electron chi connectivity index (χ1n) is 3.50. The number of nitriles is 1. The lowest BCUT2D eigenvalue weighted by Crippen LogP contribution is -2.48. The Balaban J connectivity index is 3.16. The monoisotopic (exact) mass is 198 g/mol. The smallest absolute Gasteiger partial charge is 0.350 e. The van der Waals surface area contributed by atoms with Gasteiger partial charge in [-0.25, -0.2) is 4.79 Å². The van der Waals surface area contributed by atoms with Crippen molar-refractivity contribution in [2.24, 2.45) is 0 Å². The molecular weight excluding hydrogens is 192 g/mol. The maximum absolute atomic E-state index is 10.8. The molecule has 0 spiro atoms. The molecular formula is C8H7ClN2O2. The number of alkyl halides is 1. The highest BCUT2D eigenvalue weighted by Crippen LogP contribution is 2.26. The highest BCUT2D eigenvalue weighted by molar-refractivity contribution is 6.36. The average Bonchev–Trinajstić information content (AvgIpc) is 2.04. The van der Waals surface area contributed by atoms with Gasteiger partial charge < -0.3 is 10.4 Å². The van der Waals surface area contributed by atoms with Crippen LogP contribution < -0.4 is 5.32 Å². The van der Waals surface area contributed by atoms with Gasteiger partial charge in [0.2, 0.25) is 5.00 Å². The van der Waals surface area contributed by atoms with Crippen LogP contribution in [0.15, 0.2) is 23.4 Å². The van der Waals surface area contributed by atoms with Gasteiger partial charge >= 0.3 is 5.97 Å². The summed E-state index contributed by atoms with van der Waals surface area (Å²) >= 11 is 5.73. The van der Waals surface area contributed by atoms with E-state index in [-0.39, 0.29) is 5.57 Å². The summed E-state index contributed by atoms with van der Waals surface area (Å²) in [5, 5.41) is 20.0. The van der Waals surface area contributed by atoms with Gasteiger partial charge in [0.15, 0.2) is 0 Å². The molecule has 1 aliphatic heterocycles. The van der Waals surface area contributed by atoms with E-state index in [9.17, 15) is 4.79 Å². The molecule has 1 unspecified atom stereocenters. The summed E-state index contributed by atoms with van der Waals surface area (Å²) in [6.45, 7) is 1.67. The van der Waals surface area contributed by atoms with Crippen LogP contribution in [0.3, 0.4) is 0 Å². The first-order chi connectivity index (χ1) is 6.00. The van der Waals surface area contributed by atoms with Gasteiger partial charge in [-0.05, 0) is 19.1 Å². The number of carboxylic acid groups (broad SMARTS) is 1. The Bertz CT molecular complexity index is 354. The molecule has 2 N–H and O–H groups in total. The minimum absolute atomic E-state index is 0.0210. The average molecular weight is 199 g/mol. The van der Waals surface area contributed by atoms with E-state index in [2.05, 4.69) is 5.32 Å². The zero-order chi connectivity index (χ0) is 10.1. The number of hydrogen-bond donors (Lipinski definition) is 2. The van der Waals surface area contributed by atoms with E-state index in [1.54, 1.807) is 19.1 Å². The molecule has 1 aliphatic rings. The minimum atomic E-state index is -1.81. The maximum Gasteiger partial charge on any atom is 0.350 e. The van der Waals surface area contributed by atoms with Crippen LogP contribution in [-0.2, 0) is 4.79 Å². The first kappa shape index (κ1) is 9.62. The molecule has 0 amide bonds. The molecule has 13 heavy (non-hydrogen) atoms. The second kappa shape index (κ2) is 3.11. The van der Waals surface area contributed by atoms with Gasteiger partial charge in [0, 0.05) is 5.70 Å². The molecule has 0 saturated heterocycles. The van der Waals surface area contributed by atoms with Crippen LogP contribution in [0.25, 0.3) is 0 Å². The van der Waals surface area contributed by atoms with Crippen molar-refractivity contribution in [1.82, 2.24) is 5.32 Å². The molecule has 0 aromatic heterocycles. The van der Waals surface area contributed by atoms with Crippen LogP contribution in [0.1, 0.15) is 6.92 Å². The van der Waals surface area contributed by atoms with Gasteiger partial charge in [-0.3, -0.25) is 0 Å². The molecule has 1 atom stereocenters. The second-order valence-electron chi connectivity index (χ2n) is 2.63. The summed E-state index contributed by atoms with van der Waals surface area (Å²) in [5.74, 6) is -1.28. The Hall–Kier alpha value is -1.47. The minimum Gasteiger partial charge on any atom is -0.478 e. The lowest BCUT2D eigenvalue weighted by atomic mass is 10.0. The summed E-state index contributed by atoms with van der Waals surface area (Å²) in [6.07, 6.45) is 3.00. The van der Waals surface area contributed by atoms with E-state index in [1.165, 1.54) is 6.08 Å². The van der Waals surface area contributed by atoms with Crippen LogP contribution in [0.2, 0.25) is 0 Å². The quantitative estimate of drug-likeness (QED) is 0.486. The predicted molar refractivity (Wildman–Crippen MR) is 46.8 cm³/mol. The molecule has 0 saturated carbocycles. The third-order valence-electron chi connectivity index (χ3n) is 1.66. The summed E-state index contributed by atoms with van der Waals surface area (Å²) in [7, 11) is 0. The van der Waals surface area contributed by atoms with Crippen molar-refractivity contribution in [1.29, 1.82) is 5.26 Å². The van der Waals surface area contributed by atoms with Crippen LogP contribution in [0.4, 0.5) is 0 Å². The van der Waals surface area contributed by atoms with Crippen molar-refractivity contribution in [3.63, 3.8) is 0 Å². The SMILES string of the molecule is CC1=CC=C(C#N)C(Cl)(C(=O)O)N1. The summed E-state index contributed by atoms with van der Waals surface area (Å²) in [6, 6.07) is 1.74. The van der Waals surface area contributed by atoms with E-state index >= 15 is 0 Å². The van der Waals surface area contributed by atoms with Gasteiger partial charge in [-0.15, -0.1) is 0 Å². The predicted octanol–water partition coefficient (Wildman–Crippen LogP) is 0.963. The fourth-order valence-electron chi connectivity index (χ4n) is 0.987. The summed E-state index contributed by atoms with van der Waals surface area (Å²) < 4.78 is 0. The highest BCUT2D eigenvalue weighted by atomic mass is 35.5. The number of carbonyl (C=O) groups is 1. The molecule has 5 heteroatoms. The Kier molecular flexibility index (Phi) is 2.30. The van der Waals surface area contributed by atoms with E-state index < -0.39 is 11.0 Å². The van der Waals surface area contributed by atoms with Crippen molar-refractivity contribution in [3.05, 3.63) is 23.4 Å². The largest absolute Gasteiger partial charge is 0.478 e. The molecule has 4 nitrogen and oxygen atoms in total. The van der Waals surface area contributed by atoms with Gasteiger partial charge in [0.05, 0.1) is 11.6 Å². The van der Waals surface area contributed by atoms with E-state index in [0.29, 0.717) is 5.70 Å². The van der Waals surface area contributed by atoms with Crippen LogP contribution in [-0.4, -0.2) is 16.1 Å². The number of halogens is 1. The third kappa shape index (κ3) is 1.51. The zero-order valence-corrected chi connectivity index (χ0v) is 7.59. The van der Waals surface area contributed by atoms with E-state index in [0.717, 1.165) is 0 Å². The Labute approximate surface area is 80.1 Å². The van der Waals surface area contributed by atoms with Crippen LogP contribution in [0, 0.1) is 11.3 Å². The van der Waals surface area contributed by atoms with Gasteiger partial charge in [0.25, 0.3) is 0 Å². The van der Waals surface area contributed by atoms with Gasteiger partial charge in [-0.2, -0.15) is 5.26 Å². The van der Waals surface area contributed by atoms with Crippen LogP contribution in [0.5, 0.6) is 0 Å². The standard InChI is InChI=1S/C8H7ClN2O2/c1-5-2-3-6(4-10)8(9,11-5)7(12)13/h2-3,11H,1H3,(H,12,13). The molecule has 1 heterocycles. The van der Waals surface area contributed by atoms with Crippen LogP contribution >= 0.6 is 11.6 Å². The number of hydrogen-bond acceptors (Lipinski definition) is 3. The number of aliphatic carboxylic acids is 1. The van der Waals surface area contributed by atoms with Crippen molar-refractivity contribution in [2.45, 2.75) is 11.9 Å². The maximum atomic E-state index is 10.8. The van der Waals surface area contributed by atoms with E-state index in [4.69, 9.17) is 22.0 Å². The number of carboxylic acids is 1. The highest BCUT2D eigenvalue weighted by Gasteiger charge is 2.42. The number of rotatable bonds is 1. The fraction of sp³-hybridized carbons (Fsp3) is 0.250. The number of nitrogens with one attached hydrogen (secondary N) is 1. The van der Waals surface area contributed by atoms with Crippen molar-refractivity contribution < 1.29 is 9.90 Å². The normalized spacial score (nSPS) is 26.5. The summed E-state index contributed by atoms with van der Waals surface area (Å²) in [4.78, 5) is 8.97. The van der Waals surface area contributed by atoms with Gasteiger partial charge in [-0.1, -0.05) is 11.6 Å². The Morgan fingerprint density at radius 3 is 2.85 bits per heavy atom. The van der Waals surface area contributed by atoms with Crippen molar-refractivity contribution in [2.75, 3.05) is 0 Å². The van der Waals surface area contributed by atoms with E-state index in [1.807, 2.05) is 0 Å². The molecule has 0 bridgehead atoms. The molecule has 0 aromatic carbocycles. The van der Waals surface area contributed by atoms with Crippen molar-refractivity contribution >= 4 is 17.6 Å². The Morgan fingerprint density at radius 2 is 2.38 bits per heavy atom. The molecule has 1 rings (SSSR count). The van der Waals surface area contributed by atoms with Crippen molar-refractivity contribution in [3.8, 4) is 6.07 Å². The fourth-order valence-corrected chi connectivity index (χ4v) is 1.24.